The van der Waals surface area contributed by atoms with Crippen LogP contribution in [0.5, 0.6) is 11.5 Å². The summed E-state index contributed by atoms with van der Waals surface area (Å²) >= 11 is 0. The van der Waals surface area contributed by atoms with E-state index in [4.69, 9.17) is 9.47 Å². The van der Waals surface area contributed by atoms with Crippen molar-refractivity contribution in [2.45, 2.75) is 32.4 Å². The van der Waals surface area contributed by atoms with Gasteiger partial charge in [-0.25, -0.2) is 0 Å². The number of hydrogen-bond acceptors (Lipinski definition) is 5. The molecule has 0 spiro atoms. The van der Waals surface area contributed by atoms with Crippen LogP contribution in [0, 0.1) is 0 Å². The monoisotopic (exact) mass is 447 g/mol. The van der Waals surface area contributed by atoms with E-state index in [0.717, 1.165) is 16.7 Å². The summed E-state index contributed by atoms with van der Waals surface area (Å²) in [5.41, 5.74) is 2.84. The fourth-order valence-electron chi connectivity index (χ4n) is 3.27. The number of methoxy groups -OCH3 is 1. The zero-order valence-electron chi connectivity index (χ0n) is 18.9. The summed E-state index contributed by atoms with van der Waals surface area (Å²) in [6, 6.07) is 18.7. The predicted octanol–water partition coefficient (Wildman–Crippen LogP) is 3.60. The largest absolute Gasteiger partial charge is 0.493 e. The summed E-state index contributed by atoms with van der Waals surface area (Å²) in [6.45, 7) is 2.59. The summed E-state index contributed by atoms with van der Waals surface area (Å²) in [6.07, 6.45) is 3.94. The molecule has 0 aliphatic heterocycles. The molecule has 1 atom stereocenters. The highest BCUT2D eigenvalue weighted by atomic mass is 16.5. The third-order valence-corrected chi connectivity index (χ3v) is 5.09. The normalized spacial score (nSPS) is 11.3. The van der Waals surface area contributed by atoms with Crippen molar-refractivity contribution in [2.24, 2.45) is 0 Å². The van der Waals surface area contributed by atoms with Crippen LogP contribution in [-0.4, -0.2) is 30.5 Å². The lowest BCUT2D eigenvalue weighted by atomic mass is 10.1. The van der Waals surface area contributed by atoms with E-state index in [-0.39, 0.29) is 30.8 Å². The SMILES string of the molecule is COc1cc(C(C)NC(=O)CCNC(=O)Cc2ccccc2)ccc1OCc1ccncc1. The number of amides is 2. The van der Waals surface area contributed by atoms with Gasteiger partial charge in [0, 0.05) is 25.4 Å². The van der Waals surface area contributed by atoms with E-state index in [2.05, 4.69) is 15.6 Å². The minimum Gasteiger partial charge on any atom is -0.493 e. The Morgan fingerprint density at radius 2 is 1.70 bits per heavy atom. The number of hydrogen-bond donors (Lipinski definition) is 2. The number of carbonyl (C=O) groups excluding carboxylic acids is 2. The van der Waals surface area contributed by atoms with Crippen molar-refractivity contribution >= 4 is 11.8 Å². The molecule has 7 nitrogen and oxygen atoms in total. The van der Waals surface area contributed by atoms with E-state index in [1.807, 2.05) is 67.6 Å². The van der Waals surface area contributed by atoms with Gasteiger partial charge in [0.05, 0.1) is 19.6 Å². The molecule has 1 unspecified atom stereocenters. The fraction of sp³-hybridized carbons (Fsp3) is 0.269. The summed E-state index contributed by atoms with van der Waals surface area (Å²) in [5, 5.41) is 5.74. The molecule has 1 heterocycles. The van der Waals surface area contributed by atoms with E-state index in [0.29, 0.717) is 24.5 Å². The quantitative estimate of drug-likeness (QED) is 0.469. The van der Waals surface area contributed by atoms with Gasteiger partial charge in [-0.2, -0.15) is 0 Å². The maximum absolute atomic E-state index is 12.3. The van der Waals surface area contributed by atoms with Crippen molar-refractivity contribution in [3.63, 3.8) is 0 Å². The Balaban J connectivity index is 1.46. The van der Waals surface area contributed by atoms with Gasteiger partial charge < -0.3 is 20.1 Å². The third kappa shape index (κ3) is 7.64. The average Bonchev–Trinajstić information content (AvgIpc) is 2.83. The molecule has 2 amide bonds. The van der Waals surface area contributed by atoms with Crippen LogP contribution in [0.3, 0.4) is 0 Å². The van der Waals surface area contributed by atoms with E-state index < -0.39 is 0 Å². The maximum Gasteiger partial charge on any atom is 0.224 e. The molecule has 0 saturated carbocycles. The molecule has 0 aliphatic rings. The Morgan fingerprint density at radius 1 is 0.939 bits per heavy atom. The van der Waals surface area contributed by atoms with E-state index in [9.17, 15) is 9.59 Å². The molecule has 0 aliphatic carbocycles. The van der Waals surface area contributed by atoms with Crippen molar-refractivity contribution < 1.29 is 19.1 Å². The van der Waals surface area contributed by atoms with Crippen LogP contribution in [0.25, 0.3) is 0 Å². The van der Waals surface area contributed by atoms with Crippen LogP contribution in [0.15, 0.2) is 73.1 Å². The molecule has 3 rings (SSSR count). The van der Waals surface area contributed by atoms with Crippen LogP contribution in [0.4, 0.5) is 0 Å². The van der Waals surface area contributed by atoms with Crippen LogP contribution < -0.4 is 20.1 Å². The number of nitrogens with one attached hydrogen (secondary N) is 2. The molecule has 0 fully saturated rings. The number of pyridine rings is 1. The summed E-state index contributed by atoms with van der Waals surface area (Å²) in [7, 11) is 1.58. The molecule has 2 aromatic carbocycles. The Labute approximate surface area is 194 Å². The van der Waals surface area contributed by atoms with E-state index >= 15 is 0 Å². The van der Waals surface area contributed by atoms with E-state index in [1.165, 1.54) is 0 Å². The molecule has 7 heteroatoms. The molecule has 172 valence electrons. The predicted molar refractivity (Wildman–Crippen MR) is 126 cm³/mol. The number of ether oxygens (including phenoxy) is 2. The second-order valence-corrected chi connectivity index (χ2v) is 7.61. The van der Waals surface area contributed by atoms with Crippen molar-refractivity contribution in [3.8, 4) is 11.5 Å². The van der Waals surface area contributed by atoms with Crippen LogP contribution in [0.1, 0.15) is 36.1 Å². The Bertz CT molecular complexity index is 1040. The molecule has 2 N–H and O–H groups in total. The molecule has 0 saturated heterocycles. The van der Waals surface area contributed by atoms with Crippen LogP contribution in [-0.2, 0) is 22.6 Å². The summed E-state index contributed by atoms with van der Waals surface area (Å²) in [5.74, 6) is 0.974. The fourth-order valence-corrected chi connectivity index (χ4v) is 3.27. The first-order chi connectivity index (χ1) is 16.0. The van der Waals surface area contributed by atoms with Crippen LogP contribution >= 0.6 is 0 Å². The van der Waals surface area contributed by atoms with Crippen molar-refractivity contribution in [2.75, 3.05) is 13.7 Å². The molecule has 33 heavy (non-hydrogen) atoms. The number of aromatic nitrogens is 1. The molecular formula is C26H29N3O4. The number of carbonyl (C=O) groups is 2. The topological polar surface area (TPSA) is 89.6 Å². The minimum absolute atomic E-state index is 0.103. The van der Waals surface area contributed by atoms with Crippen molar-refractivity contribution in [3.05, 3.63) is 89.7 Å². The zero-order valence-corrected chi connectivity index (χ0v) is 18.9. The average molecular weight is 448 g/mol. The van der Waals surface area contributed by atoms with Crippen LogP contribution in [0.2, 0.25) is 0 Å². The number of nitrogens with zero attached hydrogens (tertiary/aromatic N) is 1. The lowest BCUT2D eigenvalue weighted by Crippen LogP contribution is -2.32. The van der Waals surface area contributed by atoms with Gasteiger partial charge in [-0.1, -0.05) is 36.4 Å². The first-order valence-electron chi connectivity index (χ1n) is 10.8. The maximum atomic E-state index is 12.3. The number of rotatable bonds is 11. The lowest BCUT2D eigenvalue weighted by molar-refractivity contribution is -0.122. The van der Waals surface area contributed by atoms with Crippen molar-refractivity contribution in [1.82, 2.24) is 15.6 Å². The lowest BCUT2D eigenvalue weighted by Gasteiger charge is -2.17. The highest BCUT2D eigenvalue weighted by Gasteiger charge is 2.14. The standard InChI is InChI=1S/C26H29N3O4/c1-19(29-25(30)12-15-28-26(31)16-20-6-4-3-5-7-20)22-8-9-23(24(17-22)32-2)33-18-21-10-13-27-14-11-21/h3-11,13-14,17,19H,12,15-16,18H2,1-2H3,(H,28,31)(H,29,30). The van der Waals surface area contributed by atoms with Gasteiger partial charge in [-0.15, -0.1) is 0 Å². The molecular weight excluding hydrogens is 418 g/mol. The van der Waals surface area contributed by atoms with E-state index in [1.54, 1.807) is 19.5 Å². The smallest absolute Gasteiger partial charge is 0.224 e. The van der Waals surface area contributed by atoms with Gasteiger partial charge in [-0.3, -0.25) is 14.6 Å². The zero-order chi connectivity index (χ0) is 23.5. The van der Waals surface area contributed by atoms with Crippen molar-refractivity contribution in [1.29, 1.82) is 0 Å². The Kier molecular flexibility index (Phi) is 8.82. The van der Waals surface area contributed by atoms with Gasteiger partial charge in [-0.05, 0) is 47.9 Å². The molecule has 3 aromatic rings. The highest BCUT2D eigenvalue weighted by molar-refractivity contribution is 5.80. The van der Waals surface area contributed by atoms with Gasteiger partial charge in [0.15, 0.2) is 11.5 Å². The summed E-state index contributed by atoms with van der Waals surface area (Å²) in [4.78, 5) is 28.3. The minimum atomic E-state index is -0.222. The number of benzene rings is 2. The summed E-state index contributed by atoms with van der Waals surface area (Å²) < 4.78 is 11.3. The first-order valence-corrected chi connectivity index (χ1v) is 10.8. The second kappa shape index (κ2) is 12.2. The molecule has 1 aromatic heterocycles. The van der Waals surface area contributed by atoms with Gasteiger partial charge in [0.2, 0.25) is 11.8 Å². The molecule has 0 radical (unpaired) electrons. The van der Waals surface area contributed by atoms with Gasteiger partial charge in [0.1, 0.15) is 6.61 Å². The molecule has 0 bridgehead atoms. The highest BCUT2D eigenvalue weighted by Crippen LogP contribution is 2.31. The Hall–Kier alpha value is -3.87. The third-order valence-electron chi connectivity index (χ3n) is 5.09. The van der Waals surface area contributed by atoms with Gasteiger partial charge >= 0.3 is 0 Å². The first kappa shape index (κ1) is 23.8. The Morgan fingerprint density at radius 3 is 2.42 bits per heavy atom. The second-order valence-electron chi connectivity index (χ2n) is 7.61. The van der Waals surface area contributed by atoms with Gasteiger partial charge in [0.25, 0.3) is 0 Å².